The maximum Gasteiger partial charge on any atom is 0.163 e. The SMILES string of the molecule is Cc1sc2c(c1C)C(c1ccc(Cl)cc1)=N[C@H](CC=O)c1nnc(C)n1-2. The van der Waals surface area contributed by atoms with Gasteiger partial charge in [-0.15, -0.1) is 21.5 Å². The van der Waals surface area contributed by atoms with E-state index < -0.39 is 0 Å². The van der Waals surface area contributed by atoms with E-state index in [0.29, 0.717) is 10.8 Å². The minimum absolute atomic E-state index is 0.266. The monoisotopic (exact) mass is 384 g/mol. The number of rotatable bonds is 3. The van der Waals surface area contributed by atoms with Crippen molar-refractivity contribution in [1.82, 2.24) is 14.8 Å². The third-order valence-corrected chi connectivity index (χ3v) is 6.12. The summed E-state index contributed by atoms with van der Waals surface area (Å²) in [4.78, 5) is 17.5. The molecule has 0 N–H and O–H groups in total. The highest BCUT2D eigenvalue weighted by Crippen LogP contribution is 2.39. The highest BCUT2D eigenvalue weighted by Gasteiger charge is 2.30. The molecule has 0 amide bonds. The Hall–Kier alpha value is -2.31. The molecular formula is C19H17ClN4OS. The maximum atomic E-state index is 11.3. The number of nitrogens with zero attached hydrogens (tertiary/aromatic N) is 4. The largest absolute Gasteiger partial charge is 0.303 e. The molecule has 5 nitrogen and oxygen atoms in total. The number of hydrogen-bond acceptors (Lipinski definition) is 5. The number of aryl methyl sites for hydroxylation is 2. The summed E-state index contributed by atoms with van der Waals surface area (Å²) in [6.45, 7) is 6.14. The Labute approximate surface area is 160 Å². The number of hydrogen-bond donors (Lipinski definition) is 0. The second-order valence-electron chi connectivity index (χ2n) is 6.31. The van der Waals surface area contributed by atoms with Crippen molar-refractivity contribution in [2.75, 3.05) is 0 Å². The van der Waals surface area contributed by atoms with Crippen molar-refractivity contribution in [3.63, 3.8) is 0 Å². The van der Waals surface area contributed by atoms with Gasteiger partial charge in [-0.1, -0.05) is 23.7 Å². The van der Waals surface area contributed by atoms with Crippen LogP contribution in [0.2, 0.25) is 5.02 Å². The summed E-state index contributed by atoms with van der Waals surface area (Å²) in [6, 6.07) is 7.29. The van der Waals surface area contributed by atoms with Crippen molar-refractivity contribution >= 4 is 34.9 Å². The number of aldehydes is 1. The van der Waals surface area contributed by atoms with Crippen LogP contribution < -0.4 is 0 Å². The number of aromatic nitrogens is 3. The molecule has 0 saturated heterocycles. The van der Waals surface area contributed by atoms with Gasteiger partial charge in [-0.05, 0) is 38.5 Å². The van der Waals surface area contributed by atoms with E-state index in [1.54, 1.807) is 11.3 Å². The molecule has 0 fully saturated rings. The quantitative estimate of drug-likeness (QED) is 0.629. The molecule has 1 aliphatic heterocycles. The van der Waals surface area contributed by atoms with Crippen molar-refractivity contribution in [3.8, 4) is 5.00 Å². The van der Waals surface area contributed by atoms with Gasteiger partial charge in [0.2, 0.25) is 0 Å². The lowest BCUT2D eigenvalue weighted by Gasteiger charge is -2.10. The van der Waals surface area contributed by atoms with Gasteiger partial charge in [-0.3, -0.25) is 9.56 Å². The van der Waals surface area contributed by atoms with Crippen LogP contribution in [-0.2, 0) is 4.79 Å². The van der Waals surface area contributed by atoms with Gasteiger partial charge in [0.15, 0.2) is 5.82 Å². The Morgan fingerprint density at radius 2 is 1.92 bits per heavy atom. The molecule has 1 aliphatic rings. The molecule has 1 atom stereocenters. The van der Waals surface area contributed by atoms with Gasteiger partial charge in [-0.2, -0.15) is 0 Å². The number of carbonyl (C=O) groups is 1. The number of aliphatic imine (C=N–C) groups is 1. The second kappa shape index (κ2) is 6.45. The molecule has 0 unspecified atom stereocenters. The lowest BCUT2D eigenvalue weighted by Crippen LogP contribution is -2.07. The van der Waals surface area contributed by atoms with E-state index in [1.807, 2.05) is 35.8 Å². The standard InChI is InChI=1S/C19H17ClN4OS/c1-10-11(2)26-19-16(10)17(13-4-6-14(20)7-5-13)21-15(8-9-25)18-23-22-12(3)24(18)19/h4-7,9,15H,8H2,1-3H3/t15-/m1/s1. The van der Waals surface area contributed by atoms with Crippen LogP contribution >= 0.6 is 22.9 Å². The lowest BCUT2D eigenvalue weighted by atomic mass is 10.00. The van der Waals surface area contributed by atoms with E-state index >= 15 is 0 Å². The van der Waals surface area contributed by atoms with Crippen LogP contribution in [-0.4, -0.2) is 26.8 Å². The minimum atomic E-state index is -0.362. The number of carbonyl (C=O) groups excluding carboxylic acids is 1. The molecule has 4 rings (SSSR count). The molecule has 3 heterocycles. The fraction of sp³-hybridized carbons (Fsp3) is 0.263. The molecule has 2 aromatic heterocycles. The zero-order chi connectivity index (χ0) is 18.4. The zero-order valence-corrected chi connectivity index (χ0v) is 16.2. The summed E-state index contributed by atoms with van der Waals surface area (Å²) < 4.78 is 2.04. The molecule has 0 saturated carbocycles. The van der Waals surface area contributed by atoms with E-state index in [-0.39, 0.29) is 12.5 Å². The first-order chi connectivity index (χ1) is 12.5. The molecule has 0 aliphatic carbocycles. The van der Waals surface area contributed by atoms with Crippen molar-refractivity contribution in [2.24, 2.45) is 4.99 Å². The van der Waals surface area contributed by atoms with E-state index in [2.05, 4.69) is 24.0 Å². The third-order valence-electron chi connectivity index (χ3n) is 4.68. The molecule has 26 heavy (non-hydrogen) atoms. The Kier molecular flexibility index (Phi) is 4.25. The summed E-state index contributed by atoms with van der Waals surface area (Å²) in [6.07, 6.45) is 1.15. The van der Waals surface area contributed by atoms with Gasteiger partial charge >= 0.3 is 0 Å². The number of thiophene rings is 1. The number of halogens is 1. The smallest absolute Gasteiger partial charge is 0.163 e. The van der Waals surface area contributed by atoms with Crippen LogP contribution in [0.15, 0.2) is 29.3 Å². The summed E-state index contributed by atoms with van der Waals surface area (Å²) in [5.41, 5.74) is 4.11. The van der Waals surface area contributed by atoms with Crippen molar-refractivity contribution < 1.29 is 4.79 Å². The second-order valence-corrected chi connectivity index (χ2v) is 7.95. The first kappa shape index (κ1) is 17.1. The highest BCUT2D eigenvalue weighted by molar-refractivity contribution is 7.15. The van der Waals surface area contributed by atoms with Crippen molar-refractivity contribution in [3.05, 3.63) is 62.5 Å². The van der Waals surface area contributed by atoms with Crippen LogP contribution in [0.4, 0.5) is 0 Å². The van der Waals surface area contributed by atoms with Gasteiger partial charge in [0.05, 0.1) is 5.71 Å². The molecule has 1 aromatic carbocycles. The number of benzene rings is 1. The molecule has 132 valence electrons. The third kappa shape index (κ3) is 2.61. The summed E-state index contributed by atoms with van der Waals surface area (Å²) >= 11 is 7.77. The molecular weight excluding hydrogens is 368 g/mol. The first-order valence-electron chi connectivity index (χ1n) is 8.31. The van der Waals surface area contributed by atoms with Gasteiger partial charge in [0.25, 0.3) is 0 Å². The molecule has 0 bridgehead atoms. The Morgan fingerprint density at radius 1 is 1.19 bits per heavy atom. The summed E-state index contributed by atoms with van der Waals surface area (Å²) in [5.74, 6) is 1.51. The molecule has 0 spiro atoms. The average Bonchev–Trinajstić information content (AvgIpc) is 3.09. The van der Waals surface area contributed by atoms with E-state index in [0.717, 1.165) is 34.0 Å². The van der Waals surface area contributed by atoms with E-state index in [4.69, 9.17) is 16.6 Å². The Morgan fingerprint density at radius 3 is 2.62 bits per heavy atom. The fourth-order valence-electron chi connectivity index (χ4n) is 3.24. The topological polar surface area (TPSA) is 60.1 Å². The van der Waals surface area contributed by atoms with E-state index in [1.165, 1.54) is 10.4 Å². The predicted octanol–water partition coefficient (Wildman–Crippen LogP) is 4.39. The Bertz CT molecular complexity index is 1030. The lowest BCUT2D eigenvalue weighted by molar-refractivity contribution is -0.108. The average molecular weight is 385 g/mol. The molecule has 0 radical (unpaired) electrons. The van der Waals surface area contributed by atoms with Gasteiger partial charge in [0, 0.05) is 27.4 Å². The first-order valence-corrected chi connectivity index (χ1v) is 9.50. The van der Waals surface area contributed by atoms with Crippen LogP contribution in [0, 0.1) is 20.8 Å². The van der Waals surface area contributed by atoms with E-state index in [9.17, 15) is 4.79 Å². The summed E-state index contributed by atoms with van der Waals surface area (Å²) in [5, 5.41) is 10.3. The van der Waals surface area contributed by atoms with Crippen LogP contribution in [0.3, 0.4) is 0 Å². The van der Waals surface area contributed by atoms with Gasteiger partial charge < -0.3 is 4.79 Å². The molecule has 3 aromatic rings. The van der Waals surface area contributed by atoms with Gasteiger partial charge in [-0.25, -0.2) is 0 Å². The van der Waals surface area contributed by atoms with Crippen LogP contribution in [0.25, 0.3) is 5.00 Å². The van der Waals surface area contributed by atoms with Crippen LogP contribution in [0.5, 0.6) is 0 Å². The Balaban J connectivity index is 2.05. The van der Waals surface area contributed by atoms with Crippen molar-refractivity contribution in [1.29, 1.82) is 0 Å². The van der Waals surface area contributed by atoms with Crippen molar-refractivity contribution in [2.45, 2.75) is 33.2 Å². The van der Waals surface area contributed by atoms with Gasteiger partial charge in [0.1, 0.15) is 23.2 Å². The fourth-order valence-corrected chi connectivity index (χ4v) is 4.58. The predicted molar refractivity (Wildman–Crippen MR) is 104 cm³/mol. The minimum Gasteiger partial charge on any atom is -0.303 e. The highest BCUT2D eigenvalue weighted by atomic mass is 35.5. The number of fused-ring (bicyclic) bond motifs is 3. The normalized spacial score (nSPS) is 15.8. The summed E-state index contributed by atoms with van der Waals surface area (Å²) in [7, 11) is 0. The maximum absolute atomic E-state index is 11.3. The zero-order valence-electron chi connectivity index (χ0n) is 14.7. The molecule has 7 heteroatoms. The van der Waals surface area contributed by atoms with Crippen LogP contribution in [0.1, 0.15) is 45.7 Å².